The summed E-state index contributed by atoms with van der Waals surface area (Å²) in [6, 6.07) is 5.01. The number of carbonyl (C=O) groups excluding carboxylic acids is 2. The van der Waals surface area contributed by atoms with Crippen LogP contribution in [-0.4, -0.2) is 30.9 Å². The molecule has 0 saturated carbocycles. The van der Waals surface area contributed by atoms with Crippen LogP contribution >= 0.6 is 11.6 Å². The first-order chi connectivity index (χ1) is 9.08. The molecule has 1 aliphatic heterocycles. The molecule has 1 aliphatic rings. The summed E-state index contributed by atoms with van der Waals surface area (Å²) >= 11 is 5.99. The van der Waals surface area contributed by atoms with Crippen LogP contribution in [0.25, 0.3) is 0 Å². The van der Waals surface area contributed by atoms with E-state index < -0.39 is 0 Å². The van der Waals surface area contributed by atoms with Crippen LogP contribution < -0.4 is 16.0 Å². The van der Waals surface area contributed by atoms with E-state index in [0.717, 1.165) is 12.1 Å². The molecule has 0 radical (unpaired) electrons. The van der Waals surface area contributed by atoms with Crippen LogP contribution in [0.2, 0.25) is 5.02 Å². The van der Waals surface area contributed by atoms with E-state index in [1.807, 2.05) is 12.2 Å². The zero-order chi connectivity index (χ0) is 13.8. The SMILES string of the molecule is Cc1c(Cl)cccc1NC(=O)C[C@@H]1[NH2+]CCNC1=O. The second kappa shape index (κ2) is 6.04. The fourth-order valence-electron chi connectivity index (χ4n) is 2.04. The average molecular weight is 283 g/mol. The molecule has 2 rings (SSSR count). The fourth-order valence-corrected chi connectivity index (χ4v) is 2.21. The molecule has 1 aromatic carbocycles. The second-order valence-corrected chi connectivity index (χ2v) is 4.99. The van der Waals surface area contributed by atoms with Gasteiger partial charge in [-0.1, -0.05) is 17.7 Å². The smallest absolute Gasteiger partial charge is 0.278 e. The molecule has 0 unspecified atom stereocenters. The van der Waals surface area contributed by atoms with E-state index in [-0.39, 0.29) is 24.3 Å². The average Bonchev–Trinajstić information content (AvgIpc) is 2.38. The summed E-state index contributed by atoms with van der Waals surface area (Å²) in [7, 11) is 0. The Labute approximate surface area is 116 Å². The predicted molar refractivity (Wildman–Crippen MR) is 73.0 cm³/mol. The molecule has 1 heterocycles. The highest BCUT2D eigenvalue weighted by atomic mass is 35.5. The minimum absolute atomic E-state index is 0.0794. The van der Waals surface area contributed by atoms with Gasteiger partial charge in [-0.05, 0) is 24.6 Å². The summed E-state index contributed by atoms with van der Waals surface area (Å²) in [5.41, 5.74) is 1.52. The van der Waals surface area contributed by atoms with Crippen molar-refractivity contribution < 1.29 is 14.9 Å². The molecular weight excluding hydrogens is 266 g/mol. The van der Waals surface area contributed by atoms with Gasteiger partial charge in [0.15, 0.2) is 6.04 Å². The summed E-state index contributed by atoms with van der Waals surface area (Å²) in [6.45, 7) is 3.31. The predicted octanol–water partition coefficient (Wildman–Crippen LogP) is 0.0388. The van der Waals surface area contributed by atoms with Crippen LogP contribution in [0.3, 0.4) is 0 Å². The number of halogens is 1. The van der Waals surface area contributed by atoms with Gasteiger partial charge >= 0.3 is 0 Å². The summed E-state index contributed by atoms with van der Waals surface area (Å²) in [6.07, 6.45) is 0.164. The number of piperazine rings is 1. The van der Waals surface area contributed by atoms with Gasteiger partial charge in [-0.15, -0.1) is 0 Å². The lowest BCUT2D eigenvalue weighted by Gasteiger charge is -2.20. The summed E-state index contributed by atoms with van der Waals surface area (Å²) in [4.78, 5) is 23.5. The van der Waals surface area contributed by atoms with E-state index in [2.05, 4.69) is 10.6 Å². The molecule has 1 aromatic rings. The van der Waals surface area contributed by atoms with E-state index in [1.54, 1.807) is 18.2 Å². The highest BCUT2D eigenvalue weighted by molar-refractivity contribution is 6.31. The maximum atomic E-state index is 11.9. The number of quaternary nitrogens is 1. The van der Waals surface area contributed by atoms with Crippen LogP contribution in [0.1, 0.15) is 12.0 Å². The van der Waals surface area contributed by atoms with Gasteiger partial charge in [0.2, 0.25) is 5.91 Å². The number of hydrogen-bond donors (Lipinski definition) is 3. The maximum absolute atomic E-state index is 11.9. The van der Waals surface area contributed by atoms with Crippen molar-refractivity contribution in [3.05, 3.63) is 28.8 Å². The lowest BCUT2D eigenvalue weighted by Crippen LogP contribution is -2.96. The highest BCUT2D eigenvalue weighted by Crippen LogP contribution is 2.22. The van der Waals surface area contributed by atoms with Crippen molar-refractivity contribution in [3.63, 3.8) is 0 Å². The van der Waals surface area contributed by atoms with Crippen LogP contribution in [-0.2, 0) is 9.59 Å². The molecule has 19 heavy (non-hydrogen) atoms. The van der Waals surface area contributed by atoms with Crippen LogP contribution in [0, 0.1) is 6.92 Å². The van der Waals surface area contributed by atoms with E-state index >= 15 is 0 Å². The number of hydrogen-bond acceptors (Lipinski definition) is 2. The topological polar surface area (TPSA) is 74.8 Å². The number of rotatable bonds is 3. The van der Waals surface area contributed by atoms with Crippen molar-refractivity contribution in [2.75, 3.05) is 18.4 Å². The van der Waals surface area contributed by atoms with Crippen molar-refractivity contribution in [1.82, 2.24) is 5.32 Å². The number of amides is 2. The Morgan fingerprint density at radius 3 is 3.11 bits per heavy atom. The minimum Gasteiger partial charge on any atom is -0.345 e. The van der Waals surface area contributed by atoms with Gasteiger partial charge in [-0.25, -0.2) is 0 Å². The second-order valence-electron chi connectivity index (χ2n) is 4.59. The highest BCUT2D eigenvalue weighted by Gasteiger charge is 2.27. The van der Waals surface area contributed by atoms with Crippen LogP contribution in [0.15, 0.2) is 18.2 Å². The normalized spacial score (nSPS) is 18.8. The zero-order valence-corrected chi connectivity index (χ0v) is 11.5. The molecule has 2 amide bonds. The molecule has 0 aromatic heterocycles. The van der Waals surface area contributed by atoms with Crippen molar-refractivity contribution >= 4 is 29.1 Å². The molecule has 0 aliphatic carbocycles. The Hall–Kier alpha value is -1.59. The zero-order valence-electron chi connectivity index (χ0n) is 10.7. The maximum Gasteiger partial charge on any atom is 0.278 e. The monoisotopic (exact) mass is 282 g/mol. The summed E-state index contributed by atoms with van der Waals surface area (Å²) in [5.74, 6) is -0.257. The third kappa shape index (κ3) is 3.45. The first-order valence-electron chi connectivity index (χ1n) is 6.24. The summed E-state index contributed by atoms with van der Waals surface area (Å²) in [5, 5.41) is 8.05. The molecule has 1 saturated heterocycles. The first kappa shape index (κ1) is 13.8. The van der Waals surface area contributed by atoms with Gasteiger partial charge in [0, 0.05) is 10.7 Å². The first-order valence-corrected chi connectivity index (χ1v) is 6.61. The van der Waals surface area contributed by atoms with Crippen LogP contribution in [0.5, 0.6) is 0 Å². The Kier molecular flexibility index (Phi) is 4.39. The van der Waals surface area contributed by atoms with Crippen molar-refractivity contribution in [2.24, 2.45) is 0 Å². The molecule has 102 valence electrons. The minimum atomic E-state index is -0.340. The number of nitrogens with one attached hydrogen (secondary N) is 2. The number of carbonyl (C=O) groups is 2. The van der Waals surface area contributed by atoms with E-state index in [1.165, 1.54) is 0 Å². The Morgan fingerprint density at radius 2 is 2.37 bits per heavy atom. The van der Waals surface area contributed by atoms with Gasteiger partial charge < -0.3 is 16.0 Å². The molecule has 4 N–H and O–H groups in total. The molecule has 5 nitrogen and oxygen atoms in total. The lowest BCUT2D eigenvalue weighted by molar-refractivity contribution is -0.678. The lowest BCUT2D eigenvalue weighted by atomic mass is 10.1. The standard InChI is InChI=1S/C13H16ClN3O2/c1-8-9(14)3-2-4-10(8)17-12(18)7-11-13(19)16-6-5-15-11/h2-4,11,15H,5-7H2,1H3,(H,16,19)(H,17,18)/p+1/t11-/m0/s1. The van der Waals surface area contributed by atoms with E-state index in [0.29, 0.717) is 17.3 Å². The van der Waals surface area contributed by atoms with Gasteiger partial charge in [-0.2, -0.15) is 0 Å². The number of nitrogens with two attached hydrogens (primary N) is 1. The van der Waals surface area contributed by atoms with Gasteiger partial charge in [0.1, 0.15) is 0 Å². The van der Waals surface area contributed by atoms with Crippen molar-refractivity contribution in [3.8, 4) is 0 Å². The molecule has 6 heteroatoms. The number of anilines is 1. The van der Waals surface area contributed by atoms with Crippen LogP contribution in [0.4, 0.5) is 5.69 Å². The van der Waals surface area contributed by atoms with Gasteiger partial charge in [0.25, 0.3) is 5.91 Å². The molecule has 1 fully saturated rings. The molecular formula is C13H17ClN3O2+. The van der Waals surface area contributed by atoms with Gasteiger partial charge in [-0.3, -0.25) is 9.59 Å². The summed E-state index contributed by atoms with van der Waals surface area (Å²) < 4.78 is 0. The Bertz CT molecular complexity index is 505. The number of benzene rings is 1. The molecule has 0 bridgehead atoms. The molecule has 1 atom stereocenters. The quantitative estimate of drug-likeness (QED) is 0.732. The molecule has 0 spiro atoms. The van der Waals surface area contributed by atoms with Crippen molar-refractivity contribution in [1.29, 1.82) is 0 Å². The largest absolute Gasteiger partial charge is 0.345 e. The Balaban J connectivity index is 1.97. The third-order valence-electron chi connectivity index (χ3n) is 3.18. The Morgan fingerprint density at radius 1 is 1.58 bits per heavy atom. The van der Waals surface area contributed by atoms with Gasteiger partial charge in [0.05, 0.1) is 19.5 Å². The third-order valence-corrected chi connectivity index (χ3v) is 3.59. The van der Waals surface area contributed by atoms with Crippen molar-refractivity contribution in [2.45, 2.75) is 19.4 Å². The van der Waals surface area contributed by atoms with E-state index in [9.17, 15) is 9.59 Å². The van der Waals surface area contributed by atoms with E-state index in [4.69, 9.17) is 11.6 Å². The fraction of sp³-hybridized carbons (Fsp3) is 0.385.